The molecule has 0 spiro atoms. The van der Waals surface area contributed by atoms with Gasteiger partial charge in [0, 0.05) is 25.5 Å². The zero-order valence-corrected chi connectivity index (χ0v) is 14.2. The lowest BCUT2D eigenvalue weighted by Gasteiger charge is -2.32. The minimum Gasteiger partial charge on any atom is -0.299 e. The summed E-state index contributed by atoms with van der Waals surface area (Å²) in [5.74, 6) is 0.542. The third kappa shape index (κ3) is 5.30. The molecule has 5 heteroatoms. The molecular weight excluding hydrogens is 325 g/mol. The van der Waals surface area contributed by atoms with Crippen molar-refractivity contribution in [1.29, 1.82) is 0 Å². The fourth-order valence-electron chi connectivity index (χ4n) is 3.55. The van der Waals surface area contributed by atoms with Gasteiger partial charge in [0.15, 0.2) is 0 Å². The van der Waals surface area contributed by atoms with E-state index in [0.29, 0.717) is 12.3 Å². The fourth-order valence-corrected chi connectivity index (χ4v) is 3.55. The molecule has 0 N–H and O–H groups in total. The molecule has 1 fully saturated rings. The first-order chi connectivity index (χ1) is 12.0. The first-order valence-corrected chi connectivity index (χ1v) is 8.78. The molecule has 0 radical (unpaired) electrons. The second-order valence-electron chi connectivity index (χ2n) is 6.84. The standard InChI is InChI=1S/C20H23F3N2/c21-20(22,23)19-7-1-4-16(12-19)8-9-17-6-3-11-25(14-17)15-18-5-2-10-24-13-18/h1-2,4-5,7,10,12-13,17H,3,6,8-9,11,14-15H2/t17-/m1/s1. The summed E-state index contributed by atoms with van der Waals surface area (Å²) in [7, 11) is 0. The molecule has 25 heavy (non-hydrogen) atoms. The van der Waals surface area contributed by atoms with Crippen molar-refractivity contribution in [2.45, 2.75) is 38.4 Å². The topological polar surface area (TPSA) is 16.1 Å². The maximum atomic E-state index is 12.8. The molecule has 1 saturated heterocycles. The van der Waals surface area contributed by atoms with Gasteiger partial charge >= 0.3 is 6.18 Å². The highest BCUT2D eigenvalue weighted by Crippen LogP contribution is 2.30. The van der Waals surface area contributed by atoms with Crippen molar-refractivity contribution >= 4 is 0 Å². The molecule has 0 saturated carbocycles. The number of nitrogens with zero attached hydrogens (tertiary/aromatic N) is 2. The predicted molar refractivity (Wildman–Crippen MR) is 92.0 cm³/mol. The highest BCUT2D eigenvalue weighted by Gasteiger charge is 2.30. The van der Waals surface area contributed by atoms with E-state index in [1.165, 1.54) is 17.7 Å². The van der Waals surface area contributed by atoms with Crippen molar-refractivity contribution in [1.82, 2.24) is 9.88 Å². The fraction of sp³-hybridized carbons (Fsp3) is 0.450. The van der Waals surface area contributed by atoms with Crippen LogP contribution in [0.1, 0.15) is 36.0 Å². The summed E-state index contributed by atoms with van der Waals surface area (Å²) >= 11 is 0. The van der Waals surface area contributed by atoms with Crippen LogP contribution in [0.5, 0.6) is 0 Å². The van der Waals surface area contributed by atoms with Gasteiger partial charge in [-0.25, -0.2) is 0 Å². The number of hydrogen-bond donors (Lipinski definition) is 0. The van der Waals surface area contributed by atoms with Crippen LogP contribution in [0, 0.1) is 5.92 Å². The summed E-state index contributed by atoms with van der Waals surface area (Å²) in [6.07, 6.45) is 3.35. The Balaban J connectivity index is 1.53. The number of alkyl halides is 3. The quantitative estimate of drug-likeness (QED) is 0.760. The van der Waals surface area contributed by atoms with Crippen molar-refractivity contribution in [3.05, 3.63) is 65.5 Å². The summed E-state index contributed by atoms with van der Waals surface area (Å²) in [4.78, 5) is 6.58. The van der Waals surface area contributed by atoms with E-state index in [4.69, 9.17) is 0 Å². The number of hydrogen-bond acceptors (Lipinski definition) is 2. The van der Waals surface area contributed by atoms with Gasteiger partial charge in [0.25, 0.3) is 0 Å². The van der Waals surface area contributed by atoms with Gasteiger partial charge in [-0.05, 0) is 61.4 Å². The number of aryl methyl sites for hydroxylation is 1. The van der Waals surface area contributed by atoms with Crippen LogP contribution in [0.2, 0.25) is 0 Å². The maximum Gasteiger partial charge on any atom is 0.416 e. The number of halogens is 3. The molecule has 134 valence electrons. The Morgan fingerprint density at radius 1 is 1.12 bits per heavy atom. The Labute approximate surface area is 146 Å². The Morgan fingerprint density at radius 2 is 1.96 bits per heavy atom. The van der Waals surface area contributed by atoms with E-state index in [1.54, 1.807) is 12.3 Å². The minimum absolute atomic E-state index is 0.542. The molecule has 0 bridgehead atoms. The Bertz CT molecular complexity index is 670. The van der Waals surface area contributed by atoms with Gasteiger partial charge in [-0.3, -0.25) is 9.88 Å². The summed E-state index contributed by atoms with van der Waals surface area (Å²) in [5, 5.41) is 0. The molecule has 2 aromatic rings. The number of rotatable bonds is 5. The first-order valence-electron chi connectivity index (χ1n) is 8.78. The number of piperidine rings is 1. The van der Waals surface area contributed by atoms with Gasteiger partial charge in [-0.2, -0.15) is 13.2 Å². The van der Waals surface area contributed by atoms with Gasteiger partial charge in [-0.15, -0.1) is 0 Å². The van der Waals surface area contributed by atoms with E-state index in [9.17, 15) is 13.2 Å². The monoisotopic (exact) mass is 348 g/mol. The zero-order chi connectivity index (χ0) is 17.7. The molecule has 1 atom stereocenters. The van der Waals surface area contributed by atoms with E-state index >= 15 is 0 Å². The highest BCUT2D eigenvalue weighted by atomic mass is 19.4. The summed E-state index contributed by atoms with van der Waals surface area (Å²) in [5.41, 5.74) is 1.44. The van der Waals surface area contributed by atoms with Gasteiger partial charge < -0.3 is 0 Å². The summed E-state index contributed by atoms with van der Waals surface area (Å²) < 4.78 is 38.4. The molecule has 0 amide bonds. The van der Waals surface area contributed by atoms with Gasteiger partial charge in [0.1, 0.15) is 0 Å². The lowest BCUT2D eigenvalue weighted by Crippen LogP contribution is -2.35. The third-order valence-corrected chi connectivity index (χ3v) is 4.83. The number of aromatic nitrogens is 1. The maximum absolute atomic E-state index is 12.8. The SMILES string of the molecule is FC(F)(F)c1cccc(CC[C@H]2CCCN(Cc3cccnc3)C2)c1. The molecule has 0 unspecified atom stereocenters. The molecule has 1 aromatic carbocycles. The predicted octanol–water partition coefficient (Wildman–Crippen LogP) is 4.95. The molecule has 1 aliphatic heterocycles. The van der Waals surface area contributed by atoms with Crippen LogP contribution in [0.25, 0.3) is 0 Å². The number of benzene rings is 1. The van der Waals surface area contributed by atoms with Crippen molar-refractivity contribution in [2.24, 2.45) is 5.92 Å². The molecule has 1 aromatic heterocycles. The van der Waals surface area contributed by atoms with Gasteiger partial charge in [-0.1, -0.05) is 24.3 Å². The normalized spacial score (nSPS) is 19.1. The van der Waals surface area contributed by atoms with Crippen molar-refractivity contribution in [2.75, 3.05) is 13.1 Å². The number of likely N-dealkylation sites (tertiary alicyclic amines) is 1. The van der Waals surface area contributed by atoms with Crippen LogP contribution in [-0.4, -0.2) is 23.0 Å². The van der Waals surface area contributed by atoms with Crippen LogP contribution in [0.3, 0.4) is 0 Å². The van der Waals surface area contributed by atoms with Crippen molar-refractivity contribution < 1.29 is 13.2 Å². The number of pyridine rings is 1. The van der Waals surface area contributed by atoms with Crippen molar-refractivity contribution in [3.63, 3.8) is 0 Å². The van der Waals surface area contributed by atoms with E-state index in [2.05, 4.69) is 16.0 Å². The van der Waals surface area contributed by atoms with Crippen LogP contribution in [-0.2, 0) is 19.1 Å². The van der Waals surface area contributed by atoms with E-state index in [0.717, 1.165) is 50.5 Å². The molecule has 3 rings (SSSR count). The van der Waals surface area contributed by atoms with E-state index < -0.39 is 11.7 Å². The largest absolute Gasteiger partial charge is 0.416 e. The van der Waals surface area contributed by atoms with Gasteiger partial charge in [0.2, 0.25) is 0 Å². The van der Waals surface area contributed by atoms with Crippen molar-refractivity contribution in [3.8, 4) is 0 Å². The zero-order valence-electron chi connectivity index (χ0n) is 14.2. The molecular formula is C20H23F3N2. The third-order valence-electron chi connectivity index (χ3n) is 4.83. The van der Waals surface area contributed by atoms with Gasteiger partial charge in [0.05, 0.1) is 5.56 Å². The average molecular weight is 348 g/mol. The van der Waals surface area contributed by atoms with Crippen LogP contribution >= 0.6 is 0 Å². The second-order valence-corrected chi connectivity index (χ2v) is 6.84. The summed E-state index contributed by atoms with van der Waals surface area (Å²) in [6, 6.07) is 9.76. The first kappa shape index (κ1) is 17.9. The van der Waals surface area contributed by atoms with Crippen LogP contribution in [0.4, 0.5) is 13.2 Å². The Kier molecular flexibility index (Phi) is 5.74. The van der Waals surface area contributed by atoms with Crippen LogP contribution < -0.4 is 0 Å². The lowest BCUT2D eigenvalue weighted by atomic mass is 9.91. The van der Waals surface area contributed by atoms with Crippen LogP contribution in [0.15, 0.2) is 48.8 Å². The Morgan fingerprint density at radius 3 is 2.72 bits per heavy atom. The Hall–Kier alpha value is -1.88. The molecule has 0 aliphatic carbocycles. The van der Waals surface area contributed by atoms with E-state index in [1.807, 2.05) is 12.3 Å². The molecule has 2 heterocycles. The average Bonchev–Trinajstić information content (AvgIpc) is 2.61. The van der Waals surface area contributed by atoms with E-state index in [-0.39, 0.29) is 0 Å². The minimum atomic E-state index is -4.26. The second kappa shape index (κ2) is 8.00. The molecule has 1 aliphatic rings. The summed E-state index contributed by atoms with van der Waals surface area (Å²) in [6.45, 7) is 2.98. The smallest absolute Gasteiger partial charge is 0.299 e. The lowest BCUT2D eigenvalue weighted by molar-refractivity contribution is -0.137. The highest BCUT2D eigenvalue weighted by molar-refractivity contribution is 5.25. The molecule has 2 nitrogen and oxygen atoms in total.